The highest BCUT2D eigenvalue weighted by Crippen LogP contribution is 2.20. The summed E-state index contributed by atoms with van der Waals surface area (Å²) in [6, 6.07) is 1.95. The van der Waals surface area contributed by atoms with Crippen LogP contribution in [0.5, 0.6) is 0 Å². The van der Waals surface area contributed by atoms with Crippen LogP contribution in [0.4, 0.5) is 4.39 Å². The van der Waals surface area contributed by atoms with Crippen LogP contribution in [0.15, 0.2) is 24.7 Å². The quantitative estimate of drug-likeness (QED) is 0.829. The molecule has 2 aromatic heterocycles. The van der Waals surface area contributed by atoms with E-state index in [9.17, 15) is 4.39 Å². The average molecular weight is 245 g/mol. The predicted molar refractivity (Wildman–Crippen MR) is 68.6 cm³/mol. The minimum Gasteiger partial charge on any atom is -0.264 e. The fraction of sp³-hybridized carbons (Fsp3) is 0.357. The van der Waals surface area contributed by atoms with Gasteiger partial charge in [-0.2, -0.15) is 0 Å². The Morgan fingerprint density at radius 1 is 1.22 bits per heavy atom. The number of aryl methyl sites for hydroxylation is 2. The van der Waals surface area contributed by atoms with Gasteiger partial charge in [0.25, 0.3) is 0 Å². The zero-order chi connectivity index (χ0) is 13.0. The van der Waals surface area contributed by atoms with Crippen molar-refractivity contribution in [2.75, 3.05) is 0 Å². The summed E-state index contributed by atoms with van der Waals surface area (Å²) in [5, 5.41) is 0. The Kier molecular flexibility index (Phi) is 3.97. The van der Waals surface area contributed by atoms with Gasteiger partial charge < -0.3 is 0 Å². The van der Waals surface area contributed by atoms with Crippen LogP contribution in [0.2, 0.25) is 0 Å². The van der Waals surface area contributed by atoms with Crippen LogP contribution in [0, 0.1) is 12.7 Å². The summed E-state index contributed by atoms with van der Waals surface area (Å²) in [4.78, 5) is 12.1. The second-order valence-electron chi connectivity index (χ2n) is 4.30. The molecule has 18 heavy (non-hydrogen) atoms. The Balaban J connectivity index is 2.35. The molecule has 0 bridgehead atoms. The summed E-state index contributed by atoms with van der Waals surface area (Å²) in [6.45, 7) is 3.89. The molecule has 4 heteroatoms. The number of pyridine rings is 1. The topological polar surface area (TPSA) is 38.7 Å². The Bertz CT molecular complexity index is 540. The second-order valence-corrected chi connectivity index (χ2v) is 4.30. The van der Waals surface area contributed by atoms with E-state index in [4.69, 9.17) is 0 Å². The lowest BCUT2D eigenvalue weighted by Crippen LogP contribution is -1.96. The number of nitrogens with zero attached hydrogens (tertiary/aromatic N) is 3. The first-order valence-electron chi connectivity index (χ1n) is 6.14. The van der Waals surface area contributed by atoms with Gasteiger partial charge in [-0.05, 0) is 31.4 Å². The molecule has 0 aliphatic heterocycles. The molecular weight excluding hydrogens is 229 g/mol. The van der Waals surface area contributed by atoms with Gasteiger partial charge in [0, 0.05) is 18.0 Å². The first-order chi connectivity index (χ1) is 8.70. The molecule has 0 unspecified atom stereocenters. The lowest BCUT2D eigenvalue weighted by molar-refractivity contribution is 0.615. The lowest BCUT2D eigenvalue weighted by atomic mass is 10.1. The second kappa shape index (κ2) is 5.67. The van der Waals surface area contributed by atoms with Crippen molar-refractivity contribution in [1.29, 1.82) is 0 Å². The third kappa shape index (κ3) is 2.88. The van der Waals surface area contributed by atoms with E-state index in [1.165, 1.54) is 6.20 Å². The maximum absolute atomic E-state index is 13.7. The van der Waals surface area contributed by atoms with Crippen molar-refractivity contribution in [3.05, 3.63) is 41.9 Å². The first kappa shape index (κ1) is 12.6. The van der Waals surface area contributed by atoms with Crippen molar-refractivity contribution in [2.24, 2.45) is 0 Å². The normalized spacial score (nSPS) is 10.6. The van der Waals surface area contributed by atoms with Crippen LogP contribution < -0.4 is 0 Å². The van der Waals surface area contributed by atoms with Crippen LogP contribution in [-0.4, -0.2) is 15.0 Å². The highest BCUT2D eigenvalue weighted by atomic mass is 19.1. The van der Waals surface area contributed by atoms with Crippen LogP contribution in [-0.2, 0) is 6.42 Å². The van der Waals surface area contributed by atoms with Gasteiger partial charge >= 0.3 is 0 Å². The Labute approximate surface area is 106 Å². The highest BCUT2D eigenvalue weighted by Gasteiger charge is 2.09. The van der Waals surface area contributed by atoms with E-state index in [0.717, 1.165) is 24.8 Å². The van der Waals surface area contributed by atoms with Crippen molar-refractivity contribution >= 4 is 0 Å². The maximum Gasteiger partial charge on any atom is 0.167 e. The van der Waals surface area contributed by atoms with Gasteiger partial charge in [0.2, 0.25) is 0 Å². The molecular formula is C14H16FN3. The molecule has 0 spiro atoms. The largest absolute Gasteiger partial charge is 0.264 e. The monoisotopic (exact) mass is 245 g/mol. The van der Waals surface area contributed by atoms with Crippen molar-refractivity contribution in [1.82, 2.24) is 15.0 Å². The molecule has 94 valence electrons. The molecule has 0 saturated heterocycles. The fourth-order valence-corrected chi connectivity index (χ4v) is 1.79. The summed E-state index contributed by atoms with van der Waals surface area (Å²) >= 11 is 0. The summed E-state index contributed by atoms with van der Waals surface area (Å²) < 4.78 is 13.7. The Morgan fingerprint density at radius 2 is 2.06 bits per heavy atom. The Morgan fingerprint density at radius 3 is 2.83 bits per heavy atom. The predicted octanol–water partition coefficient (Wildman–Crippen LogP) is 3.33. The van der Waals surface area contributed by atoms with Crippen molar-refractivity contribution < 1.29 is 4.39 Å². The van der Waals surface area contributed by atoms with Crippen molar-refractivity contribution in [3.8, 4) is 11.3 Å². The van der Waals surface area contributed by atoms with Gasteiger partial charge in [-0.15, -0.1) is 0 Å². The molecule has 0 fully saturated rings. The molecule has 0 atom stereocenters. The van der Waals surface area contributed by atoms with Gasteiger partial charge in [0.1, 0.15) is 11.5 Å². The SMILES string of the molecule is CCCCc1cncc(-c2nc(C)ncc2F)c1. The molecule has 0 aromatic carbocycles. The molecule has 2 aromatic rings. The van der Waals surface area contributed by atoms with E-state index in [1.54, 1.807) is 13.1 Å². The minimum atomic E-state index is -0.407. The molecule has 0 N–H and O–H groups in total. The maximum atomic E-state index is 13.7. The molecule has 0 amide bonds. The van der Waals surface area contributed by atoms with Crippen LogP contribution >= 0.6 is 0 Å². The number of halogens is 1. The van der Waals surface area contributed by atoms with E-state index >= 15 is 0 Å². The first-order valence-corrected chi connectivity index (χ1v) is 6.14. The molecule has 0 radical (unpaired) electrons. The standard InChI is InChI=1S/C14H16FN3/c1-3-4-5-11-6-12(8-16-7-11)14-13(15)9-17-10(2)18-14/h6-9H,3-5H2,1-2H3. The van der Waals surface area contributed by atoms with Crippen LogP contribution in [0.25, 0.3) is 11.3 Å². The number of hydrogen-bond acceptors (Lipinski definition) is 3. The van der Waals surface area contributed by atoms with Crippen molar-refractivity contribution in [3.63, 3.8) is 0 Å². The molecule has 0 aliphatic rings. The smallest absolute Gasteiger partial charge is 0.167 e. The molecule has 2 heterocycles. The molecule has 0 aliphatic carbocycles. The van der Waals surface area contributed by atoms with Gasteiger partial charge in [-0.25, -0.2) is 14.4 Å². The van der Waals surface area contributed by atoms with Gasteiger partial charge in [0.05, 0.1) is 6.20 Å². The van der Waals surface area contributed by atoms with Gasteiger partial charge in [0.15, 0.2) is 5.82 Å². The van der Waals surface area contributed by atoms with Gasteiger partial charge in [-0.1, -0.05) is 13.3 Å². The summed E-state index contributed by atoms with van der Waals surface area (Å²) in [5.74, 6) is 0.153. The average Bonchev–Trinajstić information content (AvgIpc) is 2.39. The van der Waals surface area contributed by atoms with Crippen LogP contribution in [0.3, 0.4) is 0 Å². The van der Waals surface area contributed by atoms with E-state index < -0.39 is 5.82 Å². The summed E-state index contributed by atoms with van der Waals surface area (Å²) in [5.41, 5.74) is 2.16. The fourth-order valence-electron chi connectivity index (χ4n) is 1.79. The summed E-state index contributed by atoms with van der Waals surface area (Å²) in [6.07, 6.45) is 7.87. The summed E-state index contributed by atoms with van der Waals surface area (Å²) in [7, 11) is 0. The highest BCUT2D eigenvalue weighted by molar-refractivity contribution is 5.59. The van der Waals surface area contributed by atoms with E-state index in [-0.39, 0.29) is 0 Å². The van der Waals surface area contributed by atoms with Gasteiger partial charge in [-0.3, -0.25) is 4.98 Å². The zero-order valence-electron chi connectivity index (χ0n) is 10.7. The molecule has 3 nitrogen and oxygen atoms in total. The third-order valence-corrected chi connectivity index (χ3v) is 2.75. The third-order valence-electron chi connectivity index (χ3n) is 2.75. The van der Waals surface area contributed by atoms with E-state index in [0.29, 0.717) is 17.1 Å². The van der Waals surface area contributed by atoms with E-state index in [1.807, 2.05) is 12.3 Å². The molecule has 2 rings (SSSR count). The minimum absolute atomic E-state index is 0.327. The van der Waals surface area contributed by atoms with E-state index in [2.05, 4.69) is 21.9 Å². The number of unbranched alkanes of at least 4 members (excludes halogenated alkanes) is 1. The number of aromatic nitrogens is 3. The number of hydrogen-bond donors (Lipinski definition) is 0. The number of rotatable bonds is 4. The van der Waals surface area contributed by atoms with Crippen molar-refractivity contribution in [2.45, 2.75) is 33.1 Å². The Hall–Kier alpha value is -1.84. The molecule has 0 saturated carbocycles. The zero-order valence-corrected chi connectivity index (χ0v) is 10.7. The van der Waals surface area contributed by atoms with Crippen LogP contribution in [0.1, 0.15) is 31.2 Å². The lowest BCUT2D eigenvalue weighted by Gasteiger charge is -2.05.